The Balaban J connectivity index is 2.93. The van der Waals surface area contributed by atoms with Gasteiger partial charge in [0.2, 0.25) is 0 Å². The molecule has 0 aromatic carbocycles. The van der Waals surface area contributed by atoms with E-state index in [0.717, 1.165) is 38.2 Å². The van der Waals surface area contributed by atoms with Crippen LogP contribution in [0.15, 0.2) is 29.9 Å². The number of likely N-dealkylation sites (tertiary alicyclic amines) is 1. The number of allylic oxidation sites excluding steroid dienone is 2. The molecule has 17 heavy (non-hydrogen) atoms. The number of nitriles is 1. The molecule has 0 amide bonds. The van der Waals surface area contributed by atoms with Crippen molar-refractivity contribution in [1.82, 2.24) is 4.90 Å². The summed E-state index contributed by atoms with van der Waals surface area (Å²) < 4.78 is 0. The molecular formula is C14H21N3. The van der Waals surface area contributed by atoms with E-state index in [1.165, 1.54) is 6.20 Å². The van der Waals surface area contributed by atoms with Crippen molar-refractivity contribution in [3.8, 4) is 6.07 Å². The smallest absolute Gasteiger partial charge is 0.102 e. The van der Waals surface area contributed by atoms with Crippen LogP contribution in [0, 0.1) is 16.7 Å². The quantitative estimate of drug-likeness (QED) is 0.698. The molecular weight excluding hydrogens is 210 g/mol. The van der Waals surface area contributed by atoms with Gasteiger partial charge in [-0.1, -0.05) is 19.6 Å². The third-order valence-corrected chi connectivity index (χ3v) is 3.42. The fraction of sp³-hybridized carbons (Fsp3) is 0.571. The Hall–Kier alpha value is -1.40. The number of piperidine rings is 1. The molecule has 0 N–H and O–H groups in total. The van der Waals surface area contributed by atoms with Crippen molar-refractivity contribution in [2.45, 2.75) is 26.7 Å². The van der Waals surface area contributed by atoms with Gasteiger partial charge in [0.15, 0.2) is 0 Å². The van der Waals surface area contributed by atoms with Crippen LogP contribution in [0.4, 0.5) is 0 Å². The summed E-state index contributed by atoms with van der Waals surface area (Å²) in [6.07, 6.45) is 7.11. The second-order valence-corrected chi connectivity index (χ2v) is 4.33. The second kappa shape index (κ2) is 6.36. The molecule has 0 aromatic heterocycles. The Kier molecular flexibility index (Phi) is 5.11. The van der Waals surface area contributed by atoms with Gasteiger partial charge < -0.3 is 4.90 Å². The Morgan fingerprint density at radius 2 is 2.18 bits per heavy atom. The minimum Gasteiger partial charge on any atom is -0.303 e. The first-order valence-electron chi connectivity index (χ1n) is 6.18. The first-order chi connectivity index (χ1) is 8.22. The van der Waals surface area contributed by atoms with Crippen LogP contribution in [0.25, 0.3) is 0 Å². The molecule has 1 aliphatic heterocycles. The first-order valence-corrected chi connectivity index (χ1v) is 6.18. The lowest BCUT2D eigenvalue weighted by Crippen LogP contribution is -2.43. The minimum absolute atomic E-state index is 0.424. The normalized spacial score (nSPS) is 21.4. The van der Waals surface area contributed by atoms with E-state index in [-0.39, 0.29) is 0 Å². The lowest BCUT2D eigenvalue weighted by molar-refractivity contribution is 0.191. The van der Waals surface area contributed by atoms with Gasteiger partial charge in [-0.05, 0) is 32.4 Å². The van der Waals surface area contributed by atoms with Gasteiger partial charge in [-0.2, -0.15) is 5.26 Å². The number of hydrogen-bond donors (Lipinski definition) is 0. The number of rotatable bonds is 4. The lowest BCUT2D eigenvalue weighted by atomic mass is 9.75. The van der Waals surface area contributed by atoms with E-state index in [4.69, 9.17) is 0 Å². The van der Waals surface area contributed by atoms with E-state index in [0.29, 0.717) is 0 Å². The van der Waals surface area contributed by atoms with Crippen LogP contribution in [-0.4, -0.2) is 30.2 Å². The zero-order valence-electron chi connectivity index (χ0n) is 10.8. The monoisotopic (exact) mass is 231 g/mol. The van der Waals surface area contributed by atoms with E-state index in [9.17, 15) is 5.26 Å². The van der Waals surface area contributed by atoms with Crippen LogP contribution in [0.3, 0.4) is 0 Å². The van der Waals surface area contributed by atoms with Crippen LogP contribution < -0.4 is 0 Å². The Labute approximate surface area is 104 Å². The highest BCUT2D eigenvalue weighted by Crippen LogP contribution is 2.33. The van der Waals surface area contributed by atoms with Crippen LogP contribution in [0.2, 0.25) is 0 Å². The molecule has 3 heteroatoms. The van der Waals surface area contributed by atoms with Crippen molar-refractivity contribution in [2.75, 3.05) is 19.6 Å². The summed E-state index contributed by atoms with van der Waals surface area (Å²) in [4.78, 5) is 6.66. The zero-order valence-corrected chi connectivity index (χ0v) is 10.8. The van der Waals surface area contributed by atoms with Gasteiger partial charge in [0.25, 0.3) is 0 Å². The van der Waals surface area contributed by atoms with Gasteiger partial charge in [-0.15, -0.1) is 0 Å². The molecule has 0 bridgehead atoms. The third-order valence-electron chi connectivity index (χ3n) is 3.42. The lowest BCUT2D eigenvalue weighted by Gasteiger charge is -2.36. The average Bonchev–Trinajstić information content (AvgIpc) is 2.38. The average molecular weight is 231 g/mol. The van der Waals surface area contributed by atoms with Gasteiger partial charge in [0, 0.05) is 19.3 Å². The maximum Gasteiger partial charge on any atom is 0.102 e. The minimum atomic E-state index is -0.424. The number of hydrogen-bond acceptors (Lipinski definition) is 3. The molecule has 0 aromatic rings. The van der Waals surface area contributed by atoms with Gasteiger partial charge in [-0.3, -0.25) is 4.99 Å². The van der Waals surface area contributed by atoms with Crippen LogP contribution in [0.1, 0.15) is 26.7 Å². The summed E-state index contributed by atoms with van der Waals surface area (Å²) in [5.41, 5.74) is 0.431. The summed E-state index contributed by atoms with van der Waals surface area (Å²) in [5, 5.41) is 9.51. The molecule has 0 aliphatic carbocycles. The van der Waals surface area contributed by atoms with Crippen LogP contribution >= 0.6 is 0 Å². The maximum atomic E-state index is 9.51. The van der Waals surface area contributed by atoms with E-state index in [1.807, 2.05) is 19.1 Å². The van der Waals surface area contributed by atoms with Gasteiger partial charge in [0.1, 0.15) is 5.41 Å². The molecule has 1 rings (SSSR count). The molecule has 1 fully saturated rings. The van der Waals surface area contributed by atoms with E-state index < -0.39 is 5.41 Å². The van der Waals surface area contributed by atoms with E-state index in [1.54, 1.807) is 0 Å². The van der Waals surface area contributed by atoms with Crippen molar-refractivity contribution in [1.29, 1.82) is 5.26 Å². The summed E-state index contributed by atoms with van der Waals surface area (Å²) in [7, 11) is 0. The molecule has 0 unspecified atom stereocenters. The van der Waals surface area contributed by atoms with Crippen molar-refractivity contribution >= 4 is 5.71 Å². The molecule has 1 saturated heterocycles. The summed E-state index contributed by atoms with van der Waals surface area (Å²) in [6.45, 7) is 10.7. The van der Waals surface area contributed by atoms with Gasteiger partial charge >= 0.3 is 0 Å². The highest BCUT2D eigenvalue weighted by molar-refractivity contribution is 6.02. The predicted molar refractivity (Wildman–Crippen MR) is 71.8 cm³/mol. The van der Waals surface area contributed by atoms with Crippen molar-refractivity contribution < 1.29 is 0 Å². The topological polar surface area (TPSA) is 39.4 Å². The molecule has 3 nitrogen and oxygen atoms in total. The Morgan fingerprint density at radius 1 is 1.53 bits per heavy atom. The summed E-state index contributed by atoms with van der Waals surface area (Å²) in [5.74, 6) is 0. The van der Waals surface area contributed by atoms with Crippen LogP contribution in [0.5, 0.6) is 0 Å². The van der Waals surface area contributed by atoms with Crippen LogP contribution in [-0.2, 0) is 0 Å². The molecule has 1 aliphatic rings. The molecule has 1 heterocycles. The molecule has 0 saturated carbocycles. The van der Waals surface area contributed by atoms with Gasteiger partial charge in [-0.25, -0.2) is 0 Å². The number of nitrogens with zero attached hydrogens (tertiary/aromatic N) is 3. The molecule has 0 radical (unpaired) electrons. The third kappa shape index (κ3) is 3.04. The summed E-state index contributed by atoms with van der Waals surface area (Å²) >= 11 is 0. The predicted octanol–water partition coefficient (Wildman–Crippen LogP) is 2.77. The van der Waals surface area contributed by atoms with E-state index in [2.05, 4.69) is 29.5 Å². The van der Waals surface area contributed by atoms with Gasteiger partial charge in [0.05, 0.1) is 11.8 Å². The largest absolute Gasteiger partial charge is 0.303 e. The first kappa shape index (κ1) is 13.7. The highest BCUT2D eigenvalue weighted by Gasteiger charge is 2.37. The SMILES string of the molecule is C=CN=C(/C=C/C)C1(C#N)CCN(CC)CC1. The van der Waals surface area contributed by atoms with E-state index >= 15 is 0 Å². The number of aliphatic imine (C=N–C) groups is 1. The molecule has 0 spiro atoms. The Morgan fingerprint density at radius 3 is 2.59 bits per heavy atom. The second-order valence-electron chi connectivity index (χ2n) is 4.33. The standard InChI is InChI=1S/C14H21N3/c1-4-7-13(16-5-2)14(12-15)8-10-17(6-3)11-9-14/h4-5,7H,2,6,8-11H2,1,3H3/b7-4+,16-13?. The maximum absolute atomic E-state index is 9.51. The zero-order chi connectivity index (χ0) is 12.7. The molecule has 0 atom stereocenters. The summed E-state index contributed by atoms with van der Waals surface area (Å²) in [6, 6.07) is 2.48. The molecule has 92 valence electrons. The highest BCUT2D eigenvalue weighted by atomic mass is 15.1. The Bertz CT molecular complexity index is 352. The van der Waals surface area contributed by atoms with Crippen molar-refractivity contribution in [3.63, 3.8) is 0 Å². The van der Waals surface area contributed by atoms with Crippen molar-refractivity contribution in [3.05, 3.63) is 24.9 Å². The fourth-order valence-corrected chi connectivity index (χ4v) is 2.26. The van der Waals surface area contributed by atoms with Crippen molar-refractivity contribution in [2.24, 2.45) is 10.4 Å². The fourth-order valence-electron chi connectivity index (χ4n) is 2.26.